The summed E-state index contributed by atoms with van der Waals surface area (Å²) in [6.07, 6.45) is 0.704. The molecule has 0 aliphatic carbocycles. The molecule has 0 radical (unpaired) electrons. The number of nitrogens with two attached hydrogens (primary N) is 1. The van der Waals surface area contributed by atoms with Crippen molar-refractivity contribution in [2.45, 2.75) is 6.42 Å². The molecule has 0 fully saturated rings. The van der Waals surface area contributed by atoms with Crippen LogP contribution in [0.2, 0.25) is 0 Å². The molecule has 0 atom stereocenters. The molecule has 0 unspecified atom stereocenters. The first-order valence-electron chi connectivity index (χ1n) is 6.21. The van der Waals surface area contributed by atoms with Crippen molar-refractivity contribution < 1.29 is 4.39 Å². The molecule has 112 valence electrons. The summed E-state index contributed by atoms with van der Waals surface area (Å²) in [7, 11) is 0. The molecule has 0 spiro atoms. The largest absolute Gasteiger partial charge is 0.370 e. The first-order chi connectivity index (χ1) is 9.65. The van der Waals surface area contributed by atoms with Gasteiger partial charge < -0.3 is 11.1 Å². The number of aliphatic imine (C=N–C) groups is 1. The number of guanidine groups is 1. The summed E-state index contributed by atoms with van der Waals surface area (Å²) in [5, 5.41) is 3.01. The van der Waals surface area contributed by atoms with E-state index in [1.807, 2.05) is 30.3 Å². The van der Waals surface area contributed by atoms with Crippen molar-refractivity contribution in [1.82, 2.24) is 0 Å². The summed E-state index contributed by atoms with van der Waals surface area (Å²) in [6.45, 7) is 0.545. The van der Waals surface area contributed by atoms with E-state index in [1.54, 1.807) is 12.1 Å². The predicted molar refractivity (Wildman–Crippen MR) is 99.8 cm³/mol. The molecular formula is C15H16BrFIN3. The van der Waals surface area contributed by atoms with Crippen LogP contribution >= 0.6 is 39.9 Å². The highest BCUT2D eigenvalue weighted by Gasteiger charge is 2.00. The number of nitrogens with one attached hydrogen (secondary N) is 1. The second kappa shape index (κ2) is 8.99. The maximum atomic E-state index is 13.1. The summed E-state index contributed by atoms with van der Waals surface area (Å²) in [5.74, 6) is 0.111. The monoisotopic (exact) mass is 463 g/mol. The number of anilines is 1. The van der Waals surface area contributed by atoms with Gasteiger partial charge in [0.25, 0.3) is 0 Å². The summed E-state index contributed by atoms with van der Waals surface area (Å²) < 4.78 is 13.6. The Labute approximate surface area is 149 Å². The molecule has 0 heterocycles. The van der Waals surface area contributed by atoms with Gasteiger partial charge in [0.15, 0.2) is 5.96 Å². The normalized spacial score (nSPS) is 10.9. The fourth-order valence-corrected chi connectivity index (χ4v) is 2.14. The van der Waals surface area contributed by atoms with Crippen LogP contribution in [-0.2, 0) is 6.42 Å². The molecule has 21 heavy (non-hydrogen) atoms. The van der Waals surface area contributed by atoms with Crippen LogP contribution in [0.25, 0.3) is 0 Å². The number of rotatable bonds is 4. The first kappa shape index (κ1) is 17.9. The molecule has 0 aromatic heterocycles. The van der Waals surface area contributed by atoms with Gasteiger partial charge >= 0.3 is 0 Å². The predicted octanol–water partition coefficient (Wildman–Crippen LogP) is 4.18. The van der Waals surface area contributed by atoms with Gasteiger partial charge in [0, 0.05) is 12.2 Å². The molecule has 0 saturated heterocycles. The average molecular weight is 464 g/mol. The molecule has 3 N–H and O–H groups in total. The van der Waals surface area contributed by atoms with E-state index in [0.29, 0.717) is 23.4 Å². The lowest BCUT2D eigenvalue weighted by Crippen LogP contribution is -2.23. The third-order valence-corrected chi connectivity index (χ3v) is 3.32. The van der Waals surface area contributed by atoms with Crippen LogP contribution in [-0.4, -0.2) is 12.5 Å². The highest BCUT2D eigenvalue weighted by Crippen LogP contribution is 2.17. The summed E-state index contributed by atoms with van der Waals surface area (Å²) >= 11 is 3.16. The van der Waals surface area contributed by atoms with Crippen molar-refractivity contribution in [3.05, 3.63) is 64.4 Å². The Kier molecular flexibility index (Phi) is 7.66. The van der Waals surface area contributed by atoms with Gasteiger partial charge in [-0.15, -0.1) is 24.0 Å². The molecule has 3 nitrogen and oxygen atoms in total. The number of halogens is 3. The second-order valence-electron chi connectivity index (χ2n) is 4.26. The molecule has 0 aliphatic rings. The number of nitrogens with zero attached hydrogens (tertiary/aromatic N) is 1. The maximum absolute atomic E-state index is 13.1. The Hall–Kier alpha value is -1.15. The van der Waals surface area contributed by atoms with Crippen LogP contribution < -0.4 is 11.1 Å². The third-order valence-electron chi connectivity index (χ3n) is 2.71. The molecule has 0 bridgehead atoms. The third kappa shape index (κ3) is 6.01. The van der Waals surface area contributed by atoms with Crippen LogP contribution in [0.5, 0.6) is 0 Å². The van der Waals surface area contributed by atoms with Gasteiger partial charge in [-0.05, 0) is 52.2 Å². The van der Waals surface area contributed by atoms with E-state index in [2.05, 4.69) is 26.2 Å². The zero-order valence-corrected chi connectivity index (χ0v) is 15.1. The van der Waals surface area contributed by atoms with Crippen LogP contribution in [0, 0.1) is 5.82 Å². The van der Waals surface area contributed by atoms with Crippen LogP contribution in [0.15, 0.2) is 58.0 Å². The van der Waals surface area contributed by atoms with E-state index in [4.69, 9.17) is 5.73 Å². The Morgan fingerprint density at radius 3 is 2.57 bits per heavy atom. The topological polar surface area (TPSA) is 50.4 Å². The molecule has 2 aromatic carbocycles. The lowest BCUT2D eigenvalue weighted by Gasteiger charge is -2.05. The SMILES string of the molecule is I.NC(=NCCc1ccc(F)c(Br)c1)Nc1ccccc1. The van der Waals surface area contributed by atoms with Gasteiger partial charge in [-0.2, -0.15) is 0 Å². The van der Waals surface area contributed by atoms with Gasteiger partial charge in [0.05, 0.1) is 4.47 Å². The molecule has 0 aliphatic heterocycles. The lowest BCUT2D eigenvalue weighted by molar-refractivity contribution is 0.620. The minimum absolute atomic E-state index is 0. The molecule has 0 amide bonds. The van der Waals surface area contributed by atoms with Crippen molar-refractivity contribution in [3.8, 4) is 0 Å². The quantitative estimate of drug-likeness (QED) is 0.406. The molecule has 2 rings (SSSR count). The summed E-state index contributed by atoms with van der Waals surface area (Å²) in [5.41, 5.74) is 7.70. The van der Waals surface area contributed by atoms with Crippen molar-refractivity contribution in [2.75, 3.05) is 11.9 Å². The molecular weight excluding hydrogens is 448 g/mol. The van der Waals surface area contributed by atoms with Crippen molar-refractivity contribution in [2.24, 2.45) is 10.7 Å². The lowest BCUT2D eigenvalue weighted by atomic mass is 10.1. The van der Waals surface area contributed by atoms with Crippen molar-refractivity contribution in [1.29, 1.82) is 0 Å². The fraction of sp³-hybridized carbons (Fsp3) is 0.133. The highest BCUT2D eigenvalue weighted by atomic mass is 127. The van der Waals surface area contributed by atoms with Crippen LogP contribution in [0.4, 0.5) is 10.1 Å². The Balaban J connectivity index is 0.00000220. The van der Waals surface area contributed by atoms with E-state index in [-0.39, 0.29) is 29.8 Å². The van der Waals surface area contributed by atoms with Gasteiger partial charge in [-0.1, -0.05) is 24.3 Å². The Morgan fingerprint density at radius 1 is 1.19 bits per heavy atom. The Bertz CT molecular complexity index is 605. The first-order valence-corrected chi connectivity index (χ1v) is 7.00. The van der Waals surface area contributed by atoms with Gasteiger partial charge in [-0.3, -0.25) is 4.99 Å². The van der Waals surface area contributed by atoms with Crippen LogP contribution in [0.3, 0.4) is 0 Å². The van der Waals surface area contributed by atoms with E-state index in [9.17, 15) is 4.39 Å². The molecule has 2 aromatic rings. The van der Waals surface area contributed by atoms with Crippen LogP contribution in [0.1, 0.15) is 5.56 Å². The van der Waals surface area contributed by atoms with Crippen molar-refractivity contribution in [3.63, 3.8) is 0 Å². The maximum Gasteiger partial charge on any atom is 0.193 e. The standard InChI is InChI=1S/C15H15BrFN3.HI/c16-13-10-11(6-7-14(13)17)8-9-19-15(18)20-12-4-2-1-3-5-12;/h1-7,10H,8-9H2,(H3,18,19,20);1H. The average Bonchev–Trinajstić information content (AvgIpc) is 2.44. The van der Waals surface area contributed by atoms with E-state index >= 15 is 0 Å². The van der Waals surface area contributed by atoms with Gasteiger partial charge in [0.1, 0.15) is 5.82 Å². The van der Waals surface area contributed by atoms with Crippen molar-refractivity contribution >= 4 is 51.6 Å². The zero-order valence-electron chi connectivity index (χ0n) is 11.2. The molecule has 0 saturated carbocycles. The fourth-order valence-electron chi connectivity index (χ4n) is 1.71. The number of benzene rings is 2. The summed E-state index contributed by atoms with van der Waals surface area (Å²) in [6, 6.07) is 14.6. The highest BCUT2D eigenvalue weighted by molar-refractivity contribution is 14.0. The number of hydrogen-bond donors (Lipinski definition) is 2. The number of hydrogen-bond acceptors (Lipinski definition) is 1. The Morgan fingerprint density at radius 2 is 1.90 bits per heavy atom. The molecule has 6 heteroatoms. The van der Waals surface area contributed by atoms with E-state index in [0.717, 1.165) is 11.3 Å². The number of para-hydroxylation sites is 1. The smallest absolute Gasteiger partial charge is 0.193 e. The minimum Gasteiger partial charge on any atom is -0.370 e. The zero-order chi connectivity index (χ0) is 14.4. The van der Waals surface area contributed by atoms with E-state index in [1.165, 1.54) is 6.07 Å². The van der Waals surface area contributed by atoms with Gasteiger partial charge in [0.2, 0.25) is 0 Å². The summed E-state index contributed by atoms with van der Waals surface area (Å²) in [4.78, 5) is 4.24. The second-order valence-corrected chi connectivity index (χ2v) is 5.11. The minimum atomic E-state index is -0.262. The van der Waals surface area contributed by atoms with Gasteiger partial charge in [-0.25, -0.2) is 4.39 Å². The van der Waals surface area contributed by atoms with E-state index < -0.39 is 0 Å².